The summed E-state index contributed by atoms with van der Waals surface area (Å²) in [6, 6.07) is 4.51. The number of carboxylic acid groups (broad SMARTS) is 1. The van der Waals surface area contributed by atoms with Gasteiger partial charge < -0.3 is 19.9 Å². The summed E-state index contributed by atoms with van der Waals surface area (Å²) in [5.74, 6) is -0.395. The lowest BCUT2D eigenvalue weighted by molar-refractivity contribution is -0.140. The molecule has 1 heterocycles. The van der Waals surface area contributed by atoms with Gasteiger partial charge in [0.2, 0.25) is 5.91 Å². The molecular weight excluding hydrogens is 298 g/mol. The second-order valence-corrected chi connectivity index (χ2v) is 6.13. The number of carbonyl (C=O) groups excluding carboxylic acids is 1. The maximum atomic E-state index is 11.6. The average molecular weight is 319 g/mol. The van der Waals surface area contributed by atoms with E-state index in [4.69, 9.17) is 9.47 Å². The molecule has 1 aliphatic carbocycles. The quantitative estimate of drug-likeness (QED) is 0.868. The highest BCUT2D eigenvalue weighted by molar-refractivity contribution is 5.89. The minimum Gasteiger partial charge on any atom is -0.493 e. The van der Waals surface area contributed by atoms with Crippen molar-refractivity contribution in [1.82, 2.24) is 5.32 Å². The van der Waals surface area contributed by atoms with Crippen LogP contribution < -0.4 is 14.8 Å². The smallest absolute Gasteiger partial charge is 0.326 e. The molecule has 1 saturated carbocycles. The standard InChI is InChI=1S/C17H21NO5/c1-22-13-7-6-10(8-14(13)23-11-4-2-3-5-11)12-9-15(19)18-16(12)17(20)21/h6-8,11-12,16H,2-5,9H2,1H3,(H,18,19)(H,20,21). The van der Waals surface area contributed by atoms with Gasteiger partial charge in [-0.25, -0.2) is 4.79 Å². The van der Waals surface area contributed by atoms with E-state index in [2.05, 4.69) is 5.32 Å². The molecule has 0 bridgehead atoms. The van der Waals surface area contributed by atoms with E-state index in [1.54, 1.807) is 19.2 Å². The van der Waals surface area contributed by atoms with Crippen molar-refractivity contribution in [3.63, 3.8) is 0 Å². The molecule has 2 N–H and O–H groups in total. The summed E-state index contributed by atoms with van der Waals surface area (Å²) in [5, 5.41) is 11.8. The molecule has 1 aromatic rings. The van der Waals surface area contributed by atoms with Gasteiger partial charge in [0, 0.05) is 12.3 Å². The zero-order valence-electron chi connectivity index (χ0n) is 13.1. The fraction of sp³-hybridized carbons (Fsp3) is 0.529. The first-order valence-corrected chi connectivity index (χ1v) is 7.95. The van der Waals surface area contributed by atoms with E-state index in [0.717, 1.165) is 31.2 Å². The van der Waals surface area contributed by atoms with Crippen LogP contribution in [0, 0.1) is 0 Å². The Morgan fingerprint density at radius 2 is 2.00 bits per heavy atom. The van der Waals surface area contributed by atoms with Crippen molar-refractivity contribution in [1.29, 1.82) is 0 Å². The summed E-state index contributed by atoms with van der Waals surface area (Å²) in [5.41, 5.74) is 0.782. The SMILES string of the molecule is COc1ccc(C2CC(=O)NC2C(=O)O)cc1OC1CCCC1. The number of aliphatic carboxylic acids is 1. The summed E-state index contributed by atoms with van der Waals surface area (Å²) in [4.78, 5) is 22.9. The van der Waals surface area contributed by atoms with Crippen molar-refractivity contribution in [2.75, 3.05) is 7.11 Å². The molecule has 0 radical (unpaired) electrons. The number of benzene rings is 1. The van der Waals surface area contributed by atoms with Gasteiger partial charge in [-0.2, -0.15) is 0 Å². The Morgan fingerprint density at radius 1 is 1.26 bits per heavy atom. The van der Waals surface area contributed by atoms with E-state index in [1.165, 1.54) is 0 Å². The predicted octanol–water partition coefficient (Wildman–Crippen LogP) is 2.07. The number of carbonyl (C=O) groups is 2. The third-order valence-corrected chi connectivity index (χ3v) is 4.60. The van der Waals surface area contributed by atoms with Crippen LogP contribution in [0.2, 0.25) is 0 Å². The molecular formula is C17H21NO5. The summed E-state index contributed by atoms with van der Waals surface area (Å²) in [6.07, 6.45) is 4.72. The van der Waals surface area contributed by atoms with Gasteiger partial charge in [-0.15, -0.1) is 0 Å². The fourth-order valence-electron chi connectivity index (χ4n) is 3.40. The molecule has 124 valence electrons. The first kappa shape index (κ1) is 15.6. The van der Waals surface area contributed by atoms with Crippen molar-refractivity contribution in [3.8, 4) is 11.5 Å². The predicted molar refractivity (Wildman–Crippen MR) is 82.8 cm³/mol. The molecule has 23 heavy (non-hydrogen) atoms. The zero-order valence-corrected chi connectivity index (χ0v) is 13.1. The third-order valence-electron chi connectivity index (χ3n) is 4.60. The van der Waals surface area contributed by atoms with E-state index in [9.17, 15) is 14.7 Å². The van der Waals surface area contributed by atoms with Gasteiger partial charge >= 0.3 is 5.97 Å². The normalized spacial score (nSPS) is 24.5. The van der Waals surface area contributed by atoms with Gasteiger partial charge in [0.25, 0.3) is 0 Å². The van der Waals surface area contributed by atoms with Crippen LogP contribution in [-0.2, 0) is 9.59 Å². The molecule has 2 atom stereocenters. The number of hydrogen-bond donors (Lipinski definition) is 2. The van der Waals surface area contributed by atoms with Gasteiger partial charge in [0.15, 0.2) is 11.5 Å². The fourth-order valence-corrected chi connectivity index (χ4v) is 3.40. The number of ether oxygens (including phenoxy) is 2. The Morgan fingerprint density at radius 3 is 2.65 bits per heavy atom. The Balaban J connectivity index is 1.87. The third kappa shape index (κ3) is 3.25. The van der Waals surface area contributed by atoms with E-state index in [1.807, 2.05) is 6.07 Å². The highest BCUT2D eigenvalue weighted by atomic mass is 16.5. The molecule has 0 aromatic heterocycles. The molecule has 1 amide bonds. The minimum absolute atomic E-state index is 0.173. The largest absolute Gasteiger partial charge is 0.493 e. The van der Waals surface area contributed by atoms with Crippen LogP contribution in [0.15, 0.2) is 18.2 Å². The molecule has 1 aromatic carbocycles. The maximum Gasteiger partial charge on any atom is 0.326 e. The number of hydrogen-bond acceptors (Lipinski definition) is 4. The van der Waals surface area contributed by atoms with Crippen LogP contribution in [0.4, 0.5) is 0 Å². The van der Waals surface area contributed by atoms with Crippen molar-refractivity contribution in [2.24, 2.45) is 0 Å². The molecule has 2 aliphatic rings. The van der Waals surface area contributed by atoms with Gasteiger partial charge in [0.1, 0.15) is 6.04 Å². The molecule has 6 nitrogen and oxygen atoms in total. The second kappa shape index (κ2) is 6.48. The Bertz CT molecular complexity index is 609. The van der Waals surface area contributed by atoms with E-state index in [0.29, 0.717) is 11.5 Å². The van der Waals surface area contributed by atoms with Crippen molar-refractivity contribution in [2.45, 2.75) is 50.2 Å². The van der Waals surface area contributed by atoms with Crippen LogP contribution in [0.1, 0.15) is 43.6 Å². The van der Waals surface area contributed by atoms with Crippen molar-refractivity contribution < 1.29 is 24.2 Å². The summed E-state index contributed by atoms with van der Waals surface area (Å²) < 4.78 is 11.4. The number of methoxy groups -OCH3 is 1. The lowest BCUT2D eigenvalue weighted by atomic mass is 9.91. The Kier molecular flexibility index (Phi) is 4.41. The number of nitrogens with one attached hydrogen (secondary N) is 1. The molecule has 1 saturated heterocycles. The molecule has 2 unspecified atom stereocenters. The van der Waals surface area contributed by atoms with E-state index in [-0.39, 0.29) is 18.4 Å². The van der Waals surface area contributed by atoms with Crippen LogP contribution >= 0.6 is 0 Å². The molecule has 6 heteroatoms. The molecule has 3 rings (SSSR count). The van der Waals surface area contributed by atoms with Crippen LogP contribution in [0.3, 0.4) is 0 Å². The van der Waals surface area contributed by atoms with Crippen molar-refractivity contribution in [3.05, 3.63) is 23.8 Å². The zero-order chi connectivity index (χ0) is 16.4. The monoisotopic (exact) mass is 319 g/mol. The summed E-state index contributed by atoms with van der Waals surface area (Å²) in [7, 11) is 1.58. The highest BCUT2D eigenvalue weighted by Crippen LogP contribution is 2.37. The van der Waals surface area contributed by atoms with Gasteiger partial charge in [-0.05, 0) is 43.4 Å². The number of carboxylic acids is 1. The second-order valence-electron chi connectivity index (χ2n) is 6.13. The minimum atomic E-state index is -1.02. The number of rotatable bonds is 5. The van der Waals surface area contributed by atoms with Crippen LogP contribution in [0.5, 0.6) is 11.5 Å². The highest BCUT2D eigenvalue weighted by Gasteiger charge is 2.38. The van der Waals surface area contributed by atoms with Crippen LogP contribution in [-0.4, -0.2) is 36.2 Å². The lowest BCUT2D eigenvalue weighted by Crippen LogP contribution is -2.36. The first-order chi connectivity index (χ1) is 11.1. The van der Waals surface area contributed by atoms with Gasteiger partial charge in [-0.1, -0.05) is 6.07 Å². The summed E-state index contributed by atoms with van der Waals surface area (Å²) >= 11 is 0. The van der Waals surface area contributed by atoms with E-state index < -0.39 is 17.9 Å². The van der Waals surface area contributed by atoms with Crippen LogP contribution in [0.25, 0.3) is 0 Å². The molecule has 2 fully saturated rings. The lowest BCUT2D eigenvalue weighted by Gasteiger charge is -2.20. The molecule has 0 spiro atoms. The number of amides is 1. The van der Waals surface area contributed by atoms with E-state index >= 15 is 0 Å². The molecule has 1 aliphatic heterocycles. The Labute approximate surface area is 134 Å². The average Bonchev–Trinajstić information content (AvgIpc) is 3.16. The topological polar surface area (TPSA) is 84.9 Å². The van der Waals surface area contributed by atoms with Crippen molar-refractivity contribution >= 4 is 11.9 Å². The first-order valence-electron chi connectivity index (χ1n) is 7.95. The maximum absolute atomic E-state index is 11.6. The van der Waals surface area contributed by atoms with Gasteiger partial charge in [0.05, 0.1) is 13.2 Å². The Hall–Kier alpha value is -2.24. The van der Waals surface area contributed by atoms with Gasteiger partial charge in [-0.3, -0.25) is 4.79 Å². The summed E-state index contributed by atoms with van der Waals surface area (Å²) in [6.45, 7) is 0.